The molecule has 4 rings (SSSR count). The molecule has 3 heterocycles. The van der Waals surface area contributed by atoms with Crippen molar-refractivity contribution < 1.29 is 28.6 Å². The molecule has 3 N–H and O–H groups in total. The fourth-order valence-electron chi connectivity index (χ4n) is 4.19. The van der Waals surface area contributed by atoms with Gasteiger partial charge < -0.3 is 30.2 Å². The molecule has 1 aliphatic carbocycles. The fraction of sp³-hybridized carbons (Fsp3) is 0.533. The standard InChI is InChI=1S/C15H17N3O6/c1-5-9(19)8-7(10(20)11(5)22-2)13(24-14(16)21)15(23-3)12-6(17-12)4-18(8)15/h6,12-13,17H,4H2,1-3H3,(H2,16,21)/t6-,12-,13?,15-/m0/s1. The lowest BCUT2D eigenvalue weighted by molar-refractivity contribution is -0.151. The zero-order valence-corrected chi connectivity index (χ0v) is 13.4. The van der Waals surface area contributed by atoms with Crippen LogP contribution in [0.15, 0.2) is 22.6 Å². The summed E-state index contributed by atoms with van der Waals surface area (Å²) in [5, 5.41) is 3.22. The van der Waals surface area contributed by atoms with Crippen molar-refractivity contribution >= 4 is 17.7 Å². The van der Waals surface area contributed by atoms with E-state index in [1.807, 2.05) is 0 Å². The highest BCUT2D eigenvalue weighted by Gasteiger charge is 2.74. The Morgan fingerprint density at radius 3 is 2.62 bits per heavy atom. The summed E-state index contributed by atoms with van der Waals surface area (Å²) in [7, 11) is 2.78. The first-order chi connectivity index (χ1) is 11.4. The summed E-state index contributed by atoms with van der Waals surface area (Å²) in [6, 6.07) is -0.0571. The number of carbonyl (C=O) groups is 3. The highest BCUT2D eigenvalue weighted by atomic mass is 16.6. The van der Waals surface area contributed by atoms with Gasteiger partial charge in [-0.3, -0.25) is 9.59 Å². The van der Waals surface area contributed by atoms with Crippen LogP contribution < -0.4 is 11.1 Å². The van der Waals surface area contributed by atoms with E-state index in [-0.39, 0.29) is 40.5 Å². The van der Waals surface area contributed by atoms with Gasteiger partial charge in [-0.05, 0) is 6.92 Å². The summed E-state index contributed by atoms with van der Waals surface area (Å²) < 4.78 is 16.1. The Kier molecular flexibility index (Phi) is 2.89. The van der Waals surface area contributed by atoms with Crippen molar-refractivity contribution in [3.8, 4) is 0 Å². The third-order valence-electron chi connectivity index (χ3n) is 5.21. The maximum absolute atomic E-state index is 12.9. The van der Waals surface area contributed by atoms with Gasteiger partial charge in [-0.1, -0.05) is 0 Å². The molecule has 128 valence electrons. The molecular formula is C15H17N3O6. The Labute approximate surface area is 137 Å². The molecule has 0 aromatic rings. The number of methoxy groups -OCH3 is 2. The molecule has 4 atom stereocenters. The molecule has 4 aliphatic rings. The number of Topliss-reactive ketones (excluding diaryl/α,β-unsaturated/α-hetero) is 2. The number of hydrogen-bond donors (Lipinski definition) is 2. The van der Waals surface area contributed by atoms with E-state index in [4.69, 9.17) is 19.9 Å². The molecule has 2 fully saturated rings. The van der Waals surface area contributed by atoms with Crippen LogP contribution in [0.4, 0.5) is 4.79 Å². The van der Waals surface area contributed by atoms with Crippen LogP contribution in [-0.2, 0) is 23.8 Å². The number of nitrogens with two attached hydrogens (primary N) is 1. The first-order valence-electron chi connectivity index (χ1n) is 7.51. The number of ether oxygens (including phenoxy) is 3. The summed E-state index contributed by atoms with van der Waals surface area (Å²) in [4.78, 5) is 38.9. The second-order valence-electron chi connectivity index (χ2n) is 6.21. The van der Waals surface area contributed by atoms with Crippen LogP contribution in [0, 0.1) is 0 Å². The van der Waals surface area contributed by atoms with Crippen molar-refractivity contribution in [2.45, 2.75) is 30.8 Å². The van der Waals surface area contributed by atoms with Gasteiger partial charge in [0, 0.05) is 25.3 Å². The van der Waals surface area contributed by atoms with Crippen molar-refractivity contribution in [1.29, 1.82) is 0 Å². The smallest absolute Gasteiger partial charge is 0.405 e. The zero-order chi connectivity index (χ0) is 17.4. The van der Waals surface area contributed by atoms with E-state index in [9.17, 15) is 14.4 Å². The normalized spacial score (nSPS) is 36.6. The van der Waals surface area contributed by atoms with Gasteiger partial charge in [0.25, 0.3) is 0 Å². The minimum atomic E-state index is -1.15. The highest BCUT2D eigenvalue weighted by molar-refractivity contribution is 6.25. The maximum Gasteiger partial charge on any atom is 0.405 e. The topological polar surface area (TPSA) is 130 Å². The number of nitrogens with one attached hydrogen (secondary N) is 1. The summed E-state index contributed by atoms with van der Waals surface area (Å²) in [5.41, 5.74) is 4.55. The van der Waals surface area contributed by atoms with Crippen molar-refractivity contribution in [2.75, 3.05) is 20.8 Å². The van der Waals surface area contributed by atoms with E-state index in [2.05, 4.69) is 5.32 Å². The molecule has 1 amide bonds. The third-order valence-corrected chi connectivity index (χ3v) is 5.21. The molecule has 0 aromatic carbocycles. The van der Waals surface area contributed by atoms with Gasteiger partial charge in [-0.15, -0.1) is 0 Å². The molecule has 9 heteroatoms. The van der Waals surface area contributed by atoms with Gasteiger partial charge >= 0.3 is 6.09 Å². The quantitative estimate of drug-likeness (QED) is 0.485. The average Bonchev–Trinajstić information content (AvgIpc) is 3.15. The van der Waals surface area contributed by atoms with E-state index < -0.39 is 23.7 Å². The lowest BCUT2D eigenvalue weighted by atomic mass is 9.89. The van der Waals surface area contributed by atoms with Crippen LogP contribution >= 0.6 is 0 Å². The predicted molar refractivity (Wildman–Crippen MR) is 78.4 cm³/mol. The number of carbonyl (C=O) groups excluding carboxylic acids is 3. The summed E-state index contributed by atoms with van der Waals surface area (Å²) in [6.45, 7) is 2.01. The lowest BCUT2D eigenvalue weighted by Gasteiger charge is -2.38. The number of piperazine rings is 1. The van der Waals surface area contributed by atoms with Crippen molar-refractivity contribution in [1.82, 2.24) is 10.2 Å². The van der Waals surface area contributed by atoms with Crippen LogP contribution in [0.25, 0.3) is 0 Å². The molecule has 24 heavy (non-hydrogen) atoms. The molecule has 0 radical (unpaired) electrons. The average molecular weight is 335 g/mol. The Morgan fingerprint density at radius 1 is 1.33 bits per heavy atom. The number of fused-ring (bicyclic) bond motifs is 4. The lowest BCUT2D eigenvalue weighted by Crippen LogP contribution is -2.58. The van der Waals surface area contributed by atoms with Crippen LogP contribution in [0.5, 0.6) is 0 Å². The number of ketones is 2. The van der Waals surface area contributed by atoms with E-state index in [1.54, 1.807) is 4.90 Å². The van der Waals surface area contributed by atoms with E-state index >= 15 is 0 Å². The van der Waals surface area contributed by atoms with E-state index in [0.29, 0.717) is 6.54 Å². The van der Waals surface area contributed by atoms with Crippen molar-refractivity contribution in [3.05, 3.63) is 22.6 Å². The minimum absolute atomic E-state index is 0.0513. The van der Waals surface area contributed by atoms with Crippen molar-refractivity contribution in [2.24, 2.45) is 5.73 Å². The second-order valence-corrected chi connectivity index (χ2v) is 6.21. The largest absolute Gasteiger partial charge is 0.492 e. The number of allylic oxidation sites excluding steroid dienone is 2. The molecule has 2 saturated heterocycles. The Morgan fingerprint density at radius 2 is 2.04 bits per heavy atom. The number of amides is 1. The third kappa shape index (κ3) is 1.53. The minimum Gasteiger partial charge on any atom is -0.492 e. The predicted octanol–water partition coefficient (Wildman–Crippen LogP) is -1.21. The van der Waals surface area contributed by atoms with E-state index in [1.165, 1.54) is 21.1 Å². The summed E-state index contributed by atoms with van der Waals surface area (Å²) in [5.74, 6) is -0.872. The van der Waals surface area contributed by atoms with E-state index in [0.717, 1.165) is 0 Å². The Hall–Kier alpha value is -2.39. The molecule has 1 unspecified atom stereocenters. The van der Waals surface area contributed by atoms with Gasteiger partial charge in [-0.25, -0.2) is 4.79 Å². The monoisotopic (exact) mass is 335 g/mol. The van der Waals surface area contributed by atoms with Gasteiger partial charge in [0.05, 0.1) is 24.4 Å². The number of hydrogen-bond acceptors (Lipinski definition) is 8. The van der Waals surface area contributed by atoms with Crippen LogP contribution in [0.1, 0.15) is 6.92 Å². The van der Waals surface area contributed by atoms with Crippen LogP contribution in [-0.4, -0.2) is 67.2 Å². The number of nitrogens with zero attached hydrogens (tertiary/aromatic N) is 1. The first-order valence-corrected chi connectivity index (χ1v) is 7.51. The Bertz CT molecular complexity index is 756. The SMILES string of the molecule is COC1=C(C)C(=O)C2=C(C1=O)C(OC(N)=O)[C@@]1(OC)[C@H]3N[C@H]3CN21. The van der Waals surface area contributed by atoms with Gasteiger partial charge in [0.2, 0.25) is 11.6 Å². The highest BCUT2D eigenvalue weighted by Crippen LogP contribution is 2.53. The van der Waals surface area contributed by atoms with Crippen LogP contribution in [0.2, 0.25) is 0 Å². The summed E-state index contributed by atoms with van der Waals surface area (Å²) >= 11 is 0. The van der Waals surface area contributed by atoms with Gasteiger partial charge in [-0.2, -0.15) is 0 Å². The first kappa shape index (κ1) is 15.2. The maximum atomic E-state index is 12.9. The second kappa shape index (κ2) is 4.58. The van der Waals surface area contributed by atoms with Crippen LogP contribution in [0.3, 0.4) is 0 Å². The molecule has 0 spiro atoms. The van der Waals surface area contributed by atoms with Crippen molar-refractivity contribution in [3.63, 3.8) is 0 Å². The molecule has 0 aromatic heterocycles. The molecule has 9 nitrogen and oxygen atoms in total. The number of primary amides is 1. The summed E-state index contributed by atoms with van der Waals surface area (Å²) in [6.07, 6.45) is -2.14. The van der Waals surface area contributed by atoms with Gasteiger partial charge in [0.15, 0.2) is 17.6 Å². The molecule has 0 saturated carbocycles. The van der Waals surface area contributed by atoms with Gasteiger partial charge in [0.1, 0.15) is 0 Å². The zero-order valence-electron chi connectivity index (χ0n) is 13.4. The fourth-order valence-corrected chi connectivity index (χ4v) is 4.19. The molecular weight excluding hydrogens is 318 g/mol. The molecule has 3 aliphatic heterocycles. The Balaban J connectivity index is 1.90. The number of rotatable bonds is 3. The molecule has 0 bridgehead atoms.